The van der Waals surface area contributed by atoms with Gasteiger partial charge in [0.05, 0.1) is 0 Å². The maximum atomic E-state index is 5.94. The average Bonchev–Trinajstić information content (AvgIpc) is 2.18. The summed E-state index contributed by atoms with van der Waals surface area (Å²) in [7, 11) is 0. The van der Waals surface area contributed by atoms with Crippen LogP contribution in [-0.4, -0.2) is 17.3 Å². The first kappa shape index (κ1) is 14.4. The molecule has 0 bridgehead atoms. The highest BCUT2D eigenvalue weighted by atomic mass is 32.2. The Kier molecular flexibility index (Phi) is 5.34. The zero-order chi connectivity index (χ0) is 12.9. The Bertz CT molecular complexity index is 325. The van der Waals surface area contributed by atoms with E-state index in [1.807, 2.05) is 11.8 Å². The van der Waals surface area contributed by atoms with Crippen LogP contribution >= 0.6 is 11.8 Å². The van der Waals surface area contributed by atoms with Crippen molar-refractivity contribution in [2.24, 2.45) is 5.73 Å². The number of anilines is 1. The minimum Gasteiger partial charge on any atom is -0.385 e. The number of thioether (sulfide) groups is 1. The van der Waals surface area contributed by atoms with Gasteiger partial charge >= 0.3 is 0 Å². The third kappa shape index (κ3) is 6.59. The van der Waals surface area contributed by atoms with Crippen molar-refractivity contribution in [1.29, 1.82) is 0 Å². The van der Waals surface area contributed by atoms with Crippen LogP contribution in [0.15, 0.2) is 29.2 Å². The van der Waals surface area contributed by atoms with Crippen LogP contribution in [0.4, 0.5) is 5.69 Å². The highest BCUT2D eigenvalue weighted by molar-refractivity contribution is 7.99. The molecule has 0 radical (unpaired) electrons. The van der Waals surface area contributed by atoms with Crippen molar-refractivity contribution in [2.75, 3.05) is 11.9 Å². The smallest absolute Gasteiger partial charge is 0.0340 e. The number of nitrogens with one attached hydrogen (secondary N) is 1. The largest absolute Gasteiger partial charge is 0.385 e. The van der Waals surface area contributed by atoms with E-state index in [2.05, 4.69) is 57.3 Å². The maximum Gasteiger partial charge on any atom is 0.0340 e. The lowest BCUT2D eigenvalue weighted by molar-refractivity contribution is 0.491. The normalized spacial score (nSPS) is 11.9. The molecule has 3 heteroatoms. The van der Waals surface area contributed by atoms with E-state index in [0.717, 1.165) is 13.0 Å². The average molecular weight is 252 g/mol. The highest BCUT2D eigenvalue weighted by Gasteiger charge is 2.09. The summed E-state index contributed by atoms with van der Waals surface area (Å²) in [6, 6.07) is 8.60. The summed E-state index contributed by atoms with van der Waals surface area (Å²) < 4.78 is 0. The van der Waals surface area contributed by atoms with Crippen LogP contribution in [0.2, 0.25) is 0 Å². The molecule has 96 valence electrons. The van der Waals surface area contributed by atoms with E-state index in [1.165, 1.54) is 10.6 Å². The van der Waals surface area contributed by atoms with Gasteiger partial charge in [-0.25, -0.2) is 0 Å². The van der Waals surface area contributed by atoms with Gasteiger partial charge < -0.3 is 11.1 Å². The Morgan fingerprint density at radius 1 is 1.24 bits per heavy atom. The Morgan fingerprint density at radius 2 is 1.82 bits per heavy atom. The molecule has 0 saturated heterocycles. The fourth-order valence-electron chi connectivity index (χ4n) is 1.45. The molecule has 0 unspecified atom stereocenters. The topological polar surface area (TPSA) is 38.0 Å². The predicted octanol–water partition coefficient (Wildman–Crippen LogP) is 3.73. The Morgan fingerprint density at radius 3 is 2.29 bits per heavy atom. The van der Waals surface area contributed by atoms with Crippen LogP contribution in [0.25, 0.3) is 0 Å². The first-order valence-corrected chi connectivity index (χ1v) is 7.04. The van der Waals surface area contributed by atoms with Gasteiger partial charge in [-0.3, -0.25) is 0 Å². The van der Waals surface area contributed by atoms with E-state index in [4.69, 9.17) is 5.73 Å². The van der Waals surface area contributed by atoms with Gasteiger partial charge in [-0.2, -0.15) is 0 Å². The van der Waals surface area contributed by atoms with Gasteiger partial charge in [0.1, 0.15) is 0 Å². The van der Waals surface area contributed by atoms with Crippen molar-refractivity contribution in [3.63, 3.8) is 0 Å². The summed E-state index contributed by atoms with van der Waals surface area (Å²) in [5, 5.41) is 4.02. The van der Waals surface area contributed by atoms with Crippen molar-refractivity contribution in [1.82, 2.24) is 0 Å². The van der Waals surface area contributed by atoms with Crippen molar-refractivity contribution >= 4 is 17.4 Å². The van der Waals surface area contributed by atoms with Gasteiger partial charge in [-0.05, 0) is 44.5 Å². The van der Waals surface area contributed by atoms with Crippen LogP contribution in [0, 0.1) is 0 Å². The molecule has 1 rings (SSSR count). The summed E-state index contributed by atoms with van der Waals surface area (Å²) >= 11 is 1.89. The fraction of sp³-hybridized carbons (Fsp3) is 0.571. The van der Waals surface area contributed by atoms with Crippen molar-refractivity contribution in [3.05, 3.63) is 24.3 Å². The van der Waals surface area contributed by atoms with Gasteiger partial charge in [0.25, 0.3) is 0 Å². The first-order valence-electron chi connectivity index (χ1n) is 6.16. The molecule has 0 amide bonds. The lowest BCUT2D eigenvalue weighted by atomic mass is 10.0. The standard InChI is InChI=1S/C14H24N2S/c1-11(2)17-13-7-5-12(6-8-13)16-10-9-14(3,4)15/h5-8,11,16H,9-10,15H2,1-4H3. The number of rotatable bonds is 6. The molecule has 1 aromatic rings. The molecule has 3 N–H and O–H groups in total. The van der Waals surface area contributed by atoms with Gasteiger partial charge in [0.2, 0.25) is 0 Å². The Hall–Kier alpha value is -0.670. The quantitative estimate of drug-likeness (QED) is 0.758. The SMILES string of the molecule is CC(C)Sc1ccc(NCCC(C)(C)N)cc1. The lowest BCUT2D eigenvalue weighted by Gasteiger charge is -2.18. The molecule has 2 nitrogen and oxygen atoms in total. The van der Waals surface area contributed by atoms with E-state index < -0.39 is 0 Å². The molecule has 1 aromatic carbocycles. The molecule has 0 atom stereocenters. The van der Waals surface area contributed by atoms with E-state index in [1.54, 1.807) is 0 Å². The summed E-state index contributed by atoms with van der Waals surface area (Å²) in [5.41, 5.74) is 7.01. The minimum absolute atomic E-state index is 0.0968. The van der Waals surface area contributed by atoms with Gasteiger partial charge in [-0.15, -0.1) is 11.8 Å². The summed E-state index contributed by atoms with van der Waals surface area (Å²) in [4.78, 5) is 1.32. The second kappa shape index (κ2) is 6.31. The van der Waals surface area contributed by atoms with Gasteiger partial charge in [-0.1, -0.05) is 13.8 Å². The Balaban J connectivity index is 2.40. The second-order valence-electron chi connectivity index (χ2n) is 5.36. The number of nitrogens with two attached hydrogens (primary N) is 1. The molecule has 17 heavy (non-hydrogen) atoms. The first-order chi connectivity index (χ1) is 7.87. The molecule has 0 fully saturated rings. The van der Waals surface area contributed by atoms with E-state index >= 15 is 0 Å². The molecule has 0 aliphatic heterocycles. The van der Waals surface area contributed by atoms with Gasteiger partial charge in [0.15, 0.2) is 0 Å². The number of hydrogen-bond acceptors (Lipinski definition) is 3. The second-order valence-corrected chi connectivity index (χ2v) is 7.01. The predicted molar refractivity (Wildman–Crippen MR) is 78.8 cm³/mol. The maximum absolute atomic E-state index is 5.94. The monoisotopic (exact) mass is 252 g/mol. The molecule has 0 spiro atoms. The molecule has 0 aromatic heterocycles. The van der Waals surface area contributed by atoms with Crippen molar-refractivity contribution < 1.29 is 0 Å². The third-order valence-electron chi connectivity index (χ3n) is 2.32. The third-order valence-corrected chi connectivity index (χ3v) is 3.34. The van der Waals surface area contributed by atoms with Crippen LogP contribution in [0.1, 0.15) is 34.1 Å². The molecule has 0 aliphatic rings. The molecule has 0 aliphatic carbocycles. The van der Waals surface area contributed by atoms with E-state index in [0.29, 0.717) is 5.25 Å². The Labute approximate surface area is 109 Å². The van der Waals surface area contributed by atoms with Crippen molar-refractivity contribution in [3.8, 4) is 0 Å². The highest BCUT2D eigenvalue weighted by Crippen LogP contribution is 2.24. The number of hydrogen-bond donors (Lipinski definition) is 2. The summed E-state index contributed by atoms with van der Waals surface area (Å²) in [6.45, 7) is 9.44. The molecule has 0 saturated carbocycles. The fourth-order valence-corrected chi connectivity index (χ4v) is 2.29. The van der Waals surface area contributed by atoms with Crippen LogP contribution in [-0.2, 0) is 0 Å². The molecular formula is C14H24N2S. The number of benzene rings is 1. The van der Waals surface area contributed by atoms with Crippen molar-refractivity contribution in [2.45, 2.75) is 49.8 Å². The van der Waals surface area contributed by atoms with Gasteiger partial charge in [0, 0.05) is 27.9 Å². The molecule has 0 heterocycles. The van der Waals surface area contributed by atoms with E-state index in [9.17, 15) is 0 Å². The zero-order valence-corrected chi connectivity index (χ0v) is 12.1. The summed E-state index contributed by atoms with van der Waals surface area (Å²) in [6.07, 6.45) is 0.968. The van der Waals surface area contributed by atoms with E-state index in [-0.39, 0.29) is 5.54 Å². The lowest BCUT2D eigenvalue weighted by Crippen LogP contribution is -2.34. The molecular weight excluding hydrogens is 228 g/mol. The van der Waals surface area contributed by atoms with Crippen LogP contribution in [0.5, 0.6) is 0 Å². The minimum atomic E-state index is -0.0968. The summed E-state index contributed by atoms with van der Waals surface area (Å²) in [5.74, 6) is 0. The zero-order valence-electron chi connectivity index (χ0n) is 11.3. The van der Waals surface area contributed by atoms with Crippen LogP contribution < -0.4 is 11.1 Å². The van der Waals surface area contributed by atoms with Crippen LogP contribution in [0.3, 0.4) is 0 Å².